The number of thioether (sulfide) groups is 2. The minimum absolute atomic E-state index is 0.816. The lowest BCUT2D eigenvalue weighted by Gasteiger charge is -2.06. The molecule has 0 aliphatic heterocycles. The maximum absolute atomic E-state index is 5.40. The van der Waals surface area contributed by atoms with Gasteiger partial charge in [-0.25, -0.2) is 0 Å². The molecule has 0 spiro atoms. The minimum Gasteiger partial charge on any atom is -0.469 e. The SMILES string of the molecule is Cc1occc1-c1nnc(SCc2ccc(CSc3nnc(-c4ccoc4C)n3C)cc2)n1C. The van der Waals surface area contributed by atoms with Crippen LogP contribution < -0.4 is 0 Å². The zero-order chi connectivity index (χ0) is 23.7. The number of furan rings is 2. The van der Waals surface area contributed by atoms with Crippen LogP contribution in [0.2, 0.25) is 0 Å². The summed E-state index contributed by atoms with van der Waals surface area (Å²) in [4.78, 5) is 0. The van der Waals surface area contributed by atoms with E-state index in [4.69, 9.17) is 8.83 Å². The second-order valence-electron chi connectivity index (χ2n) is 7.91. The maximum Gasteiger partial charge on any atom is 0.191 e. The monoisotopic (exact) mass is 492 g/mol. The lowest BCUT2D eigenvalue weighted by molar-refractivity contribution is 0.534. The van der Waals surface area contributed by atoms with Crippen molar-refractivity contribution in [1.82, 2.24) is 29.5 Å². The maximum atomic E-state index is 5.40. The van der Waals surface area contributed by atoms with E-state index in [2.05, 4.69) is 44.7 Å². The van der Waals surface area contributed by atoms with Crippen molar-refractivity contribution in [2.24, 2.45) is 14.1 Å². The van der Waals surface area contributed by atoms with Gasteiger partial charge in [0.2, 0.25) is 0 Å². The molecule has 1 aromatic carbocycles. The van der Waals surface area contributed by atoms with E-state index in [1.165, 1.54) is 11.1 Å². The number of hydrogen-bond donors (Lipinski definition) is 0. The third kappa shape index (κ3) is 4.43. The van der Waals surface area contributed by atoms with Crippen molar-refractivity contribution in [1.29, 1.82) is 0 Å². The summed E-state index contributed by atoms with van der Waals surface area (Å²) in [6.45, 7) is 3.86. The number of benzene rings is 1. The van der Waals surface area contributed by atoms with E-state index in [9.17, 15) is 0 Å². The highest BCUT2D eigenvalue weighted by atomic mass is 32.2. The van der Waals surface area contributed by atoms with Gasteiger partial charge in [0.15, 0.2) is 22.0 Å². The van der Waals surface area contributed by atoms with Gasteiger partial charge in [-0.2, -0.15) is 0 Å². The van der Waals surface area contributed by atoms with Crippen LogP contribution in [0, 0.1) is 13.8 Å². The Morgan fingerprint density at radius 1 is 0.647 bits per heavy atom. The Balaban J connectivity index is 1.19. The molecule has 0 atom stereocenters. The summed E-state index contributed by atoms with van der Waals surface area (Å²) in [6, 6.07) is 12.5. The van der Waals surface area contributed by atoms with Crippen molar-refractivity contribution >= 4 is 23.5 Å². The molecule has 5 aromatic rings. The van der Waals surface area contributed by atoms with Gasteiger partial charge in [0.05, 0.1) is 23.7 Å². The van der Waals surface area contributed by atoms with Crippen LogP contribution in [0.5, 0.6) is 0 Å². The fourth-order valence-corrected chi connectivity index (χ4v) is 5.35. The molecule has 0 bridgehead atoms. The van der Waals surface area contributed by atoms with Gasteiger partial charge in [0.1, 0.15) is 11.5 Å². The molecule has 0 aliphatic carbocycles. The molecule has 0 saturated heterocycles. The predicted octanol–water partition coefficient (Wildman–Crippen LogP) is 5.67. The molecular weight excluding hydrogens is 468 g/mol. The average molecular weight is 493 g/mol. The number of rotatable bonds is 8. The van der Waals surface area contributed by atoms with E-state index in [-0.39, 0.29) is 0 Å². The van der Waals surface area contributed by atoms with Crippen LogP contribution in [-0.2, 0) is 25.6 Å². The van der Waals surface area contributed by atoms with Crippen LogP contribution in [0.1, 0.15) is 22.6 Å². The fourth-order valence-electron chi connectivity index (χ4n) is 3.61. The second-order valence-corrected chi connectivity index (χ2v) is 9.79. The van der Waals surface area contributed by atoms with E-state index in [0.29, 0.717) is 0 Å². The lowest BCUT2D eigenvalue weighted by Crippen LogP contribution is -1.95. The molecule has 34 heavy (non-hydrogen) atoms. The first-order valence-electron chi connectivity index (χ1n) is 10.7. The van der Waals surface area contributed by atoms with Gasteiger partial charge >= 0.3 is 0 Å². The van der Waals surface area contributed by atoms with Crippen molar-refractivity contribution in [2.45, 2.75) is 35.7 Å². The summed E-state index contributed by atoms with van der Waals surface area (Å²) in [5.41, 5.74) is 4.41. The minimum atomic E-state index is 0.816. The molecule has 0 aliphatic rings. The van der Waals surface area contributed by atoms with Gasteiger partial charge < -0.3 is 18.0 Å². The first-order valence-corrected chi connectivity index (χ1v) is 12.7. The zero-order valence-corrected chi connectivity index (χ0v) is 21.0. The van der Waals surface area contributed by atoms with E-state index in [1.807, 2.05) is 49.2 Å². The fraction of sp³-hybridized carbons (Fsp3) is 0.250. The van der Waals surface area contributed by atoms with Crippen molar-refractivity contribution in [3.8, 4) is 22.8 Å². The van der Waals surface area contributed by atoms with Gasteiger partial charge in [0, 0.05) is 25.6 Å². The zero-order valence-electron chi connectivity index (χ0n) is 19.3. The molecule has 0 saturated carbocycles. The standard InChI is InChI=1S/C24H24N6O2S2/c1-15-19(9-11-31-15)21-25-27-23(29(21)3)33-13-17-5-7-18(8-6-17)14-34-24-28-26-22(30(24)4)20-10-12-32-16(20)2/h5-12H,13-14H2,1-4H3. The van der Waals surface area contributed by atoms with Gasteiger partial charge in [-0.15, -0.1) is 20.4 Å². The molecule has 5 rings (SSSR count). The van der Waals surface area contributed by atoms with Crippen LogP contribution in [0.15, 0.2) is 68.1 Å². The molecule has 0 unspecified atom stereocenters. The van der Waals surface area contributed by atoms with Crippen LogP contribution in [0.4, 0.5) is 0 Å². The van der Waals surface area contributed by atoms with Gasteiger partial charge in [-0.05, 0) is 37.1 Å². The Morgan fingerprint density at radius 3 is 1.41 bits per heavy atom. The van der Waals surface area contributed by atoms with Gasteiger partial charge in [-0.1, -0.05) is 47.8 Å². The second kappa shape index (κ2) is 9.55. The molecule has 0 amide bonds. The summed E-state index contributed by atoms with van der Waals surface area (Å²) < 4.78 is 14.8. The molecular formula is C24H24N6O2S2. The van der Waals surface area contributed by atoms with E-state index < -0.39 is 0 Å². The van der Waals surface area contributed by atoms with Crippen LogP contribution in [0.3, 0.4) is 0 Å². The molecule has 4 aromatic heterocycles. The van der Waals surface area contributed by atoms with E-state index >= 15 is 0 Å². The summed E-state index contributed by atoms with van der Waals surface area (Å²) in [7, 11) is 3.96. The number of aromatic nitrogens is 6. The third-order valence-electron chi connectivity index (χ3n) is 5.63. The highest BCUT2D eigenvalue weighted by Crippen LogP contribution is 2.29. The normalized spacial score (nSPS) is 11.4. The van der Waals surface area contributed by atoms with E-state index in [1.54, 1.807) is 36.1 Å². The van der Waals surface area contributed by atoms with Gasteiger partial charge in [-0.3, -0.25) is 0 Å². The molecule has 4 heterocycles. The smallest absolute Gasteiger partial charge is 0.191 e. The number of aryl methyl sites for hydroxylation is 2. The largest absolute Gasteiger partial charge is 0.469 e. The third-order valence-corrected chi connectivity index (χ3v) is 7.81. The average Bonchev–Trinajstić information content (AvgIpc) is 3.61. The number of hydrogen-bond acceptors (Lipinski definition) is 8. The summed E-state index contributed by atoms with van der Waals surface area (Å²) in [5, 5.41) is 19.1. The Bertz CT molecular complexity index is 1310. The highest BCUT2D eigenvalue weighted by Gasteiger charge is 2.16. The summed E-state index contributed by atoms with van der Waals surface area (Å²) >= 11 is 3.34. The van der Waals surface area contributed by atoms with Crippen LogP contribution in [0.25, 0.3) is 22.8 Å². The van der Waals surface area contributed by atoms with Gasteiger partial charge in [0.25, 0.3) is 0 Å². The molecule has 10 heteroatoms. The highest BCUT2D eigenvalue weighted by molar-refractivity contribution is 7.98. The quantitative estimate of drug-likeness (QED) is 0.256. The first-order chi connectivity index (χ1) is 16.5. The summed E-state index contributed by atoms with van der Waals surface area (Å²) in [6.07, 6.45) is 3.35. The van der Waals surface area contributed by atoms with Crippen molar-refractivity contribution < 1.29 is 8.83 Å². The first kappa shape index (κ1) is 22.5. The topological polar surface area (TPSA) is 87.7 Å². The van der Waals surface area contributed by atoms with Crippen molar-refractivity contribution in [2.75, 3.05) is 0 Å². The molecule has 0 N–H and O–H groups in total. The lowest BCUT2D eigenvalue weighted by atomic mass is 10.2. The van der Waals surface area contributed by atoms with Crippen molar-refractivity contribution in [3.63, 3.8) is 0 Å². The number of nitrogens with zero attached hydrogens (tertiary/aromatic N) is 6. The van der Waals surface area contributed by atoms with Crippen LogP contribution >= 0.6 is 23.5 Å². The van der Waals surface area contributed by atoms with E-state index in [0.717, 1.165) is 56.1 Å². The molecule has 8 nitrogen and oxygen atoms in total. The molecule has 0 radical (unpaired) electrons. The predicted molar refractivity (Wildman–Crippen MR) is 132 cm³/mol. The van der Waals surface area contributed by atoms with Crippen LogP contribution in [-0.4, -0.2) is 29.5 Å². The van der Waals surface area contributed by atoms with Crippen molar-refractivity contribution in [3.05, 3.63) is 71.6 Å². The summed E-state index contributed by atoms with van der Waals surface area (Å²) in [5.74, 6) is 4.96. The Labute approximate surface area is 205 Å². The Morgan fingerprint density at radius 2 is 1.06 bits per heavy atom. The molecule has 174 valence electrons. The Kier molecular flexibility index (Phi) is 6.34. The molecule has 0 fully saturated rings. The Hall–Kier alpha value is -3.24.